The first kappa shape index (κ1) is 11.5. The van der Waals surface area contributed by atoms with Crippen LogP contribution in [0.15, 0.2) is 12.4 Å². The predicted molar refractivity (Wildman–Crippen MR) is 69.6 cm³/mol. The first-order valence-corrected chi connectivity index (χ1v) is 6.80. The molecule has 0 saturated heterocycles. The number of aromatic nitrogens is 2. The highest BCUT2D eigenvalue weighted by molar-refractivity contribution is 7.99. The zero-order valence-electron chi connectivity index (χ0n) is 9.52. The number of anilines is 2. The van der Waals surface area contributed by atoms with E-state index in [2.05, 4.69) is 22.2 Å². The van der Waals surface area contributed by atoms with E-state index in [1.165, 1.54) is 31.3 Å². The lowest BCUT2D eigenvalue weighted by Gasteiger charge is -2.20. The van der Waals surface area contributed by atoms with Crippen molar-refractivity contribution in [2.75, 3.05) is 16.8 Å². The molecule has 16 heavy (non-hydrogen) atoms. The summed E-state index contributed by atoms with van der Waals surface area (Å²) in [5.74, 6) is 2.55. The van der Waals surface area contributed by atoms with Crippen LogP contribution in [-0.4, -0.2) is 27.0 Å². The van der Waals surface area contributed by atoms with Crippen LogP contribution in [-0.2, 0) is 0 Å². The Kier molecular flexibility index (Phi) is 3.88. The number of hydrogen-bond acceptors (Lipinski definition) is 5. The fraction of sp³-hybridized carbons (Fsp3) is 0.636. The number of rotatable bonds is 4. The summed E-state index contributed by atoms with van der Waals surface area (Å²) in [4.78, 5) is 8.08. The summed E-state index contributed by atoms with van der Waals surface area (Å²) >= 11 is 2.03. The molecule has 0 radical (unpaired) electrons. The van der Waals surface area contributed by atoms with Crippen LogP contribution in [0.25, 0.3) is 0 Å². The third-order valence-electron chi connectivity index (χ3n) is 2.85. The van der Waals surface area contributed by atoms with Crippen molar-refractivity contribution in [2.24, 2.45) is 0 Å². The van der Waals surface area contributed by atoms with E-state index in [4.69, 9.17) is 5.73 Å². The standard InChI is InChI=1S/C11H18N4S/c1-2-16-9-5-3-4-8(9)15-11-6-10(12)13-7-14-11/h6-9H,2-5H2,1H3,(H3,12,13,14,15). The summed E-state index contributed by atoms with van der Waals surface area (Å²) in [5, 5.41) is 4.17. The fourth-order valence-electron chi connectivity index (χ4n) is 2.15. The van der Waals surface area contributed by atoms with Gasteiger partial charge >= 0.3 is 0 Å². The molecule has 88 valence electrons. The van der Waals surface area contributed by atoms with Gasteiger partial charge in [0.05, 0.1) is 0 Å². The number of nitrogens with zero attached hydrogens (tertiary/aromatic N) is 2. The molecule has 1 aliphatic rings. The first-order chi connectivity index (χ1) is 7.79. The molecule has 3 N–H and O–H groups in total. The van der Waals surface area contributed by atoms with E-state index in [0.29, 0.717) is 17.1 Å². The summed E-state index contributed by atoms with van der Waals surface area (Å²) in [6, 6.07) is 2.32. The first-order valence-electron chi connectivity index (χ1n) is 5.75. The number of hydrogen-bond donors (Lipinski definition) is 2. The van der Waals surface area contributed by atoms with Gasteiger partial charge in [0.15, 0.2) is 0 Å². The van der Waals surface area contributed by atoms with E-state index in [9.17, 15) is 0 Å². The van der Waals surface area contributed by atoms with Crippen LogP contribution in [0.1, 0.15) is 26.2 Å². The van der Waals surface area contributed by atoms with Crippen LogP contribution in [0.2, 0.25) is 0 Å². The van der Waals surface area contributed by atoms with Crippen LogP contribution < -0.4 is 11.1 Å². The quantitative estimate of drug-likeness (QED) is 0.841. The number of thioether (sulfide) groups is 1. The third kappa shape index (κ3) is 2.78. The van der Waals surface area contributed by atoms with E-state index in [1.54, 1.807) is 6.07 Å². The Balaban J connectivity index is 1.98. The number of nitrogens with two attached hydrogens (primary N) is 1. The third-order valence-corrected chi connectivity index (χ3v) is 4.18. The van der Waals surface area contributed by atoms with Crippen LogP contribution in [0.5, 0.6) is 0 Å². The molecule has 0 aromatic carbocycles. The van der Waals surface area contributed by atoms with Crippen molar-refractivity contribution in [3.8, 4) is 0 Å². The van der Waals surface area contributed by atoms with E-state index >= 15 is 0 Å². The molecular weight excluding hydrogens is 220 g/mol. The Bertz CT molecular complexity index is 345. The van der Waals surface area contributed by atoms with Crippen molar-refractivity contribution < 1.29 is 0 Å². The van der Waals surface area contributed by atoms with Gasteiger partial charge in [-0.25, -0.2) is 9.97 Å². The lowest BCUT2D eigenvalue weighted by molar-refractivity contribution is 0.762. The van der Waals surface area contributed by atoms with Gasteiger partial charge in [0, 0.05) is 17.4 Å². The van der Waals surface area contributed by atoms with Gasteiger partial charge in [-0.1, -0.05) is 13.3 Å². The Labute approximate surface area is 100 Å². The minimum atomic E-state index is 0.523. The molecule has 0 spiro atoms. The summed E-state index contributed by atoms with van der Waals surface area (Å²) in [7, 11) is 0. The van der Waals surface area contributed by atoms with Crippen molar-refractivity contribution >= 4 is 23.4 Å². The minimum absolute atomic E-state index is 0.523. The maximum atomic E-state index is 5.63. The van der Waals surface area contributed by atoms with Crippen molar-refractivity contribution in [1.82, 2.24) is 9.97 Å². The number of nitrogen functional groups attached to an aromatic ring is 1. The van der Waals surface area contributed by atoms with E-state index in [0.717, 1.165) is 5.82 Å². The van der Waals surface area contributed by atoms with E-state index in [-0.39, 0.29) is 0 Å². The zero-order valence-corrected chi connectivity index (χ0v) is 10.3. The smallest absolute Gasteiger partial charge is 0.131 e. The molecule has 2 unspecified atom stereocenters. The highest BCUT2D eigenvalue weighted by Gasteiger charge is 2.27. The molecule has 0 aliphatic heterocycles. The normalized spacial score (nSPS) is 24.6. The van der Waals surface area contributed by atoms with Crippen molar-refractivity contribution in [1.29, 1.82) is 0 Å². The zero-order chi connectivity index (χ0) is 11.4. The molecule has 1 fully saturated rings. The van der Waals surface area contributed by atoms with Crippen LogP contribution in [0.3, 0.4) is 0 Å². The van der Waals surface area contributed by atoms with Gasteiger partial charge in [0.25, 0.3) is 0 Å². The fourth-order valence-corrected chi connectivity index (χ4v) is 3.34. The van der Waals surface area contributed by atoms with Crippen molar-refractivity contribution in [2.45, 2.75) is 37.5 Å². The topological polar surface area (TPSA) is 63.8 Å². The summed E-state index contributed by atoms with van der Waals surface area (Å²) in [6.07, 6.45) is 5.34. The van der Waals surface area contributed by atoms with Crippen LogP contribution >= 0.6 is 11.8 Å². The lowest BCUT2D eigenvalue weighted by Crippen LogP contribution is -2.26. The van der Waals surface area contributed by atoms with Gasteiger partial charge in [-0.15, -0.1) is 0 Å². The molecule has 1 aromatic rings. The summed E-state index contributed by atoms with van der Waals surface area (Å²) in [5.41, 5.74) is 5.63. The molecule has 0 bridgehead atoms. The highest BCUT2D eigenvalue weighted by Crippen LogP contribution is 2.31. The van der Waals surface area contributed by atoms with Gasteiger partial charge in [-0.2, -0.15) is 11.8 Å². The second kappa shape index (κ2) is 5.39. The SMILES string of the molecule is CCSC1CCCC1Nc1cc(N)ncn1. The highest BCUT2D eigenvalue weighted by atomic mass is 32.2. The van der Waals surface area contributed by atoms with E-state index < -0.39 is 0 Å². The molecule has 5 heteroatoms. The number of nitrogens with one attached hydrogen (secondary N) is 1. The largest absolute Gasteiger partial charge is 0.384 e. The molecule has 1 saturated carbocycles. The van der Waals surface area contributed by atoms with Gasteiger partial charge in [-0.3, -0.25) is 0 Å². The van der Waals surface area contributed by atoms with Gasteiger partial charge in [0.2, 0.25) is 0 Å². The van der Waals surface area contributed by atoms with Crippen LogP contribution in [0.4, 0.5) is 11.6 Å². The second-order valence-corrected chi connectivity index (χ2v) is 5.52. The Morgan fingerprint density at radius 1 is 1.50 bits per heavy atom. The molecule has 1 aliphatic carbocycles. The second-order valence-electron chi connectivity index (χ2n) is 4.00. The summed E-state index contributed by atoms with van der Waals surface area (Å²) < 4.78 is 0. The van der Waals surface area contributed by atoms with Gasteiger partial charge in [-0.05, 0) is 18.6 Å². The Morgan fingerprint density at radius 2 is 2.38 bits per heavy atom. The van der Waals surface area contributed by atoms with Gasteiger partial charge in [0.1, 0.15) is 18.0 Å². The van der Waals surface area contributed by atoms with Crippen LogP contribution in [0, 0.1) is 0 Å². The predicted octanol–water partition coefficient (Wildman–Crippen LogP) is 2.14. The maximum absolute atomic E-state index is 5.63. The minimum Gasteiger partial charge on any atom is -0.384 e. The Hall–Kier alpha value is -0.970. The molecule has 4 nitrogen and oxygen atoms in total. The van der Waals surface area contributed by atoms with Crippen molar-refractivity contribution in [3.63, 3.8) is 0 Å². The molecule has 1 heterocycles. The molecule has 2 atom stereocenters. The monoisotopic (exact) mass is 238 g/mol. The molecular formula is C11H18N4S. The Morgan fingerprint density at radius 3 is 3.12 bits per heavy atom. The van der Waals surface area contributed by atoms with Gasteiger partial charge < -0.3 is 11.1 Å². The van der Waals surface area contributed by atoms with Crippen molar-refractivity contribution in [3.05, 3.63) is 12.4 Å². The maximum Gasteiger partial charge on any atom is 0.131 e. The molecule has 2 rings (SSSR count). The summed E-state index contributed by atoms with van der Waals surface area (Å²) in [6.45, 7) is 2.21. The average molecular weight is 238 g/mol. The average Bonchev–Trinajstić information content (AvgIpc) is 2.66. The molecule has 1 aromatic heterocycles. The molecule has 0 amide bonds. The lowest BCUT2D eigenvalue weighted by atomic mass is 10.2. The van der Waals surface area contributed by atoms with E-state index in [1.807, 2.05) is 11.8 Å².